The van der Waals surface area contributed by atoms with Crippen molar-refractivity contribution >= 4 is 15.9 Å². The monoisotopic (exact) mass is 293 g/mol. The molecule has 1 aromatic heterocycles. The Balaban J connectivity index is 2.46. The lowest BCUT2D eigenvalue weighted by atomic mass is 10.1. The molecule has 0 unspecified atom stereocenters. The number of nitrogens with zero attached hydrogens (tertiary/aromatic N) is 2. The molecule has 0 bridgehead atoms. The van der Waals surface area contributed by atoms with Gasteiger partial charge in [0.1, 0.15) is 0 Å². The van der Waals surface area contributed by atoms with Gasteiger partial charge in [-0.15, -0.1) is 0 Å². The van der Waals surface area contributed by atoms with Crippen molar-refractivity contribution in [3.8, 4) is 5.69 Å². The van der Waals surface area contributed by atoms with Crippen LogP contribution >= 0.6 is 15.9 Å². The fraction of sp³-hybridized carbons (Fsp3) is 0.308. The van der Waals surface area contributed by atoms with Gasteiger partial charge in [-0.1, -0.05) is 28.9 Å². The molecule has 1 heterocycles. The average molecular weight is 294 g/mol. The van der Waals surface area contributed by atoms with E-state index in [1.807, 2.05) is 17.1 Å². The Morgan fingerprint density at radius 1 is 1.47 bits per heavy atom. The highest BCUT2D eigenvalue weighted by Crippen LogP contribution is 2.23. The van der Waals surface area contributed by atoms with Crippen LogP contribution in [-0.2, 0) is 0 Å². The summed E-state index contributed by atoms with van der Waals surface area (Å²) >= 11 is 3.55. The van der Waals surface area contributed by atoms with Crippen LogP contribution in [0.2, 0.25) is 0 Å². The Bertz CT molecular complexity index is 519. The number of benzene rings is 1. The number of aromatic nitrogens is 2. The van der Waals surface area contributed by atoms with E-state index in [-0.39, 0.29) is 6.04 Å². The van der Waals surface area contributed by atoms with Crippen molar-refractivity contribution in [1.29, 1.82) is 0 Å². The second-order valence-electron chi connectivity index (χ2n) is 4.14. The fourth-order valence-corrected chi connectivity index (χ4v) is 2.10. The van der Waals surface area contributed by atoms with Crippen molar-refractivity contribution in [1.82, 2.24) is 9.55 Å². The van der Waals surface area contributed by atoms with Crippen molar-refractivity contribution < 1.29 is 0 Å². The molecule has 0 aliphatic heterocycles. The van der Waals surface area contributed by atoms with Gasteiger partial charge in [0.25, 0.3) is 0 Å². The molecule has 2 N–H and O–H groups in total. The predicted molar refractivity (Wildman–Crippen MR) is 73.2 cm³/mol. The highest BCUT2D eigenvalue weighted by Gasteiger charge is 2.11. The lowest BCUT2D eigenvalue weighted by Gasteiger charge is -2.13. The van der Waals surface area contributed by atoms with Crippen LogP contribution in [0, 0.1) is 6.92 Å². The van der Waals surface area contributed by atoms with E-state index >= 15 is 0 Å². The van der Waals surface area contributed by atoms with E-state index in [1.165, 1.54) is 5.56 Å². The fourth-order valence-electron chi connectivity index (χ4n) is 1.74. The smallest absolute Gasteiger partial charge is 0.0994 e. The standard InChI is InChI=1S/C13H16BrN3/c1-3-12(15)13-7-16-8-17(13)10-5-4-9(2)11(14)6-10/h4-8,12H,3,15H2,1-2H3/t12-/m1/s1. The zero-order valence-corrected chi connectivity index (χ0v) is 11.6. The minimum absolute atomic E-state index is 0.0255. The Morgan fingerprint density at radius 2 is 2.24 bits per heavy atom. The Hall–Kier alpha value is -1.13. The first-order valence-electron chi connectivity index (χ1n) is 5.67. The maximum Gasteiger partial charge on any atom is 0.0994 e. The van der Waals surface area contributed by atoms with Gasteiger partial charge in [-0.05, 0) is 31.0 Å². The van der Waals surface area contributed by atoms with Crippen molar-refractivity contribution in [2.45, 2.75) is 26.3 Å². The molecule has 17 heavy (non-hydrogen) atoms. The Kier molecular flexibility index (Phi) is 3.64. The summed E-state index contributed by atoms with van der Waals surface area (Å²) < 4.78 is 3.14. The van der Waals surface area contributed by atoms with Crippen LogP contribution in [0.1, 0.15) is 30.6 Å². The molecule has 4 heteroatoms. The molecular formula is C13H16BrN3. The number of aryl methyl sites for hydroxylation is 1. The largest absolute Gasteiger partial charge is 0.323 e. The van der Waals surface area contributed by atoms with Gasteiger partial charge < -0.3 is 10.3 Å². The van der Waals surface area contributed by atoms with Crippen molar-refractivity contribution in [2.24, 2.45) is 5.73 Å². The SMILES string of the molecule is CC[C@@H](N)c1cncn1-c1ccc(C)c(Br)c1. The van der Waals surface area contributed by atoms with Gasteiger partial charge in [-0.2, -0.15) is 0 Å². The molecule has 2 aromatic rings. The van der Waals surface area contributed by atoms with Crippen LogP contribution in [0.15, 0.2) is 35.2 Å². The number of imidazole rings is 1. The first-order valence-corrected chi connectivity index (χ1v) is 6.47. The van der Waals surface area contributed by atoms with E-state index in [1.54, 1.807) is 0 Å². The maximum absolute atomic E-state index is 6.07. The summed E-state index contributed by atoms with van der Waals surface area (Å²) in [6.07, 6.45) is 4.54. The summed E-state index contributed by atoms with van der Waals surface area (Å²) in [5, 5.41) is 0. The molecule has 1 aromatic carbocycles. The predicted octanol–water partition coefficient (Wildman–Crippen LogP) is 3.35. The molecule has 0 radical (unpaired) electrons. The van der Waals surface area contributed by atoms with Crippen LogP contribution in [0.4, 0.5) is 0 Å². The number of nitrogens with two attached hydrogens (primary N) is 1. The molecule has 2 rings (SSSR count). The van der Waals surface area contributed by atoms with Crippen LogP contribution in [0.5, 0.6) is 0 Å². The van der Waals surface area contributed by atoms with Crippen LogP contribution in [0.25, 0.3) is 5.69 Å². The number of halogens is 1. The molecule has 0 aliphatic rings. The number of hydrogen-bond donors (Lipinski definition) is 1. The van der Waals surface area contributed by atoms with Gasteiger partial charge in [0, 0.05) is 16.2 Å². The van der Waals surface area contributed by atoms with Crippen molar-refractivity contribution in [3.05, 3.63) is 46.5 Å². The summed E-state index contributed by atoms with van der Waals surface area (Å²) in [5.41, 5.74) is 9.42. The first-order chi connectivity index (χ1) is 8.13. The molecule has 0 spiro atoms. The highest BCUT2D eigenvalue weighted by molar-refractivity contribution is 9.10. The molecule has 1 atom stereocenters. The molecule has 90 valence electrons. The number of rotatable bonds is 3. The summed E-state index contributed by atoms with van der Waals surface area (Å²) in [7, 11) is 0. The summed E-state index contributed by atoms with van der Waals surface area (Å²) in [5.74, 6) is 0. The van der Waals surface area contributed by atoms with Crippen molar-refractivity contribution in [3.63, 3.8) is 0 Å². The van der Waals surface area contributed by atoms with Crippen LogP contribution < -0.4 is 5.73 Å². The Morgan fingerprint density at radius 3 is 2.88 bits per heavy atom. The van der Waals surface area contributed by atoms with Crippen LogP contribution in [-0.4, -0.2) is 9.55 Å². The van der Waals surface area contributed by atoms with Crippen LogP contribution in [0.3, 0.4) is 0 Å². The molecule has 0 saturated carbocycles. The molecule has 0 fully saturated rings. The molecule has 0 amide bonds. The molecular weight excluding hydrogens is 278 g/mol. The van der Waals surface area contributed by atoms with E-state index in [0.717, 1.165) is 22.3 Å². The van der Waals surface area contributed by atoms with Gasteiger partial charge in [-0.25, -0.2) is 4.98 Å². The maximum atomic E-state index is 6.07. The molecule has 0 aliphatic carbocycles. The minimum atomic E-state index is 0.0255. The van der Waals surface area contributed by atoms with E-state index in [4.69, 9.17) is 5.73 Å². The summed E-state index contributed by atoms with van der Waals surface area (Å²) in [6, 6.07) is 6.27. The quantitative estimate of drug-likeness (QED) is 0.943. The van der Waals surface area contributed by atoms with E-state index < -0.39 is 0 Å². The minimum Gasteiger partial charge on any atom is -0.323 e. The van der Waals surface area contributed by atoms with E-state index in [2.05, 4.69) is 53.0 Å². The third kappa shape index (κ3) is 2.42. The van der Waals surface area contributed by atoms with E-state index in [9.17, 15) is 0 Å². The van der Waals surface area contributed by atoms with Gasteiger partial charge in [-0.3, -0.25) is 0 Å². The third-order valence-corrected chi connectivity index (χ3v) is 3.77. The highest BCUT2D eigenvalue weighted by atomic mass is 79.9. The topological polar surface area (TPSA) is 43.8 Å². The lowest BCUT2D eigenvalue weighted by Crippen LogP contribution is -2.13. The van der Waals surface area contributed by atoms with Gasteiger partial charge >= 0.3 is 0 Å². The van der Waals surface area contributed by atoms with Gasteiger partial charge in [0.05, 0.1) is 18.2 Å². The summed E-state index contributed by atoms with van der Waals surface area (Å²) in [4.78, 5) is 4.19. The Labute approximate surface area is 110 Å². The number of hydrogen-bond acceptors (Lipinski definition) is 2. The second kappa shape index (κ2) is 5.02. The second-order valence-corrected chi connectivity index (χ2v) is 4.99. The molecule has 0 saturated heterocycles. The van der Waals surface area contributed by atoms with Crippen molar-refractivity contribution in [2.75, 3.05) is 0 Å². The normalized spacial score (nSPS) is 12.7. The van der Waals surface area contributed by atoms with Gasteiger partial charge in [0.15, 0.2) is 0 Å². The first kappa shape index (κ1) is 12.3. The zero-order chi connectivity index (χ0) is 12.4. The summed E-state index contributed by atoms with van der Waals surface area (Å²) in [6.45, 7) is 4.15. The third-order valence-electron chi connectivity index (χ3n) is 2.92. The molecule has 3 nitrogen and oxygen atoms in total. The zero-order valence-electron chi connectivity index (χ0n) is 10.0. The van der Waals surface area contributed by atoms with E-state index in [0.29, 0.717) is 0 Å². The average Bonchev–Trinajstić information content (AvgIpc) is 2.80. The lowest BCUT2D eigenvalue weighted by molar-refractivity contribution is 0.659. The van der Waals surface area contributed by atoms with Gasteiger partial charge in [0.2, 0.25) is 0 Å².